The quantitative estimate of drug-likeness (QED) is 0.790. The van der Waals surface area contributed by atoms with Crippen molar-refractivity contribution in [2.75, 3.05) is 0 Å². The van der Waals surface area contributed by atoms with Gasteiger partial charge in [0, 0.05) is 0 Å². The van der Waals surface area contributed by atoms with Gasteiger partial charge in [-0.1, -0.05) is 24.3 Å². The summed E-state index contributed by atoms with van der Waals surface area (Å²) in [6.45, 7) is 3.93. The van der Waals surface area contributed by atoms with Crippen LogP contribution in [0, 0.1) is 6.92 Å². The monoisotopic (exact) mass is 204 g/mol. The molecule has 0 saturated carbocycles. The summed E-state index contributed by atoms with van der Waals surface area (Å²) >= 11 is 0. The molecule has 2 aromatic rings. The van der Waals surface area contributed by atoms with E-state index in [1.807, 2.05) is 38.1 Å². The molecule has 0 aliphatic heterocycles. The van der Waals surface area contributed by atoms with Gasteiger partial charge in [0.15, 0.2) is 0 Å². The summed E-state index contributed by atoms with van der Waals surface area (Å²) in [6.07, 6.45) is 0. The molecular weight excluding hydrogens is 192 g/mol. The number of hydrogen-bond acceptors (Lipinski definition) is 3. The number of aromatic nitrogens is 4. The minimum Gasteiger partial charge on any atom is -0.244 e. The molecule has 15 heavy (non-hydrogen) atoms. The molecule has 78 valence electrons. The zero-order valence-corrected chi connectivity index (χ0v) is 8.64. The van der Waals surface area contributed by atoms with E-state index >= 15 is 0 Å². The first-order valence-electron chi connectivity index (χ1n) is 4.75. The number of rotatable bonds is 2. The van der Waals surface area contributed by atoms with Crippen LogP contribution in [-0.2, 0) is 0 Å². The number of tetrazole rings is 1. The molecule has 1 aromatic heterocycles. The fourth-order valence-electron chi connectivity index (χ4n) is 1.65. The Morgan fingerprint density at radius 1 is 1.40 bits per heavy atom. The third kappa shape index (κ3) is 1.68. The maximum absolute atomic E-state index is 11.3. The molecule has 0 fully saturated rings. The van der Waals surface area contributed by atoms with Crippen molar-refractivity contribution in [2.24, 2.45) is 0 Å². The lowest BCUT2D eigenvalue weighted by Crippen LogP contribution is -2.23. The maximum atomic E-state index is 11.3. The second-order valence-corrected chi connectivity index (χ2v) is 3.48. The van der Waals surface area contributed by atoms with Gasteiger partial charge < -0.3 is 0 Å². The van der Waals surface area contributed by atoms with Gasteiger partial charge in [-0.3, -0.25) is 0 Å². The standard InChI is InChI=1S/C10H12N4O/c1-7-5-3-4-6-9(7)8(2)14-10(15)11-12-13-14/h3-6,8H,1-2H3,(H,11,13,15). The predicted octanol–water partition coefficient (Wildman–Crippen LogP) is 0.884. The second-order valence-electron chi connectivity index (χ2n) is 3.48. The van der Waals surface area contributed by atoms with Crippen LogP contribution in [0.2, 0.25) is 0 Å². The number of nitrogens with one attached hydrogen (secondary N) is 1. The zero-order valence-electron chi connectivity index (χ0n) is 8.64. The molecule has 0 aliphatic rings. The minimum atomic E-state index is -0.286. The van der Waals surface area contributed by atoms with Crippen LogP contribution in [0.5, 0.6) is 0 Å². The highest BCUT2D eigenvalue weighted by Crippen LogP contribution is 2.18. The first-order chi connectivity index (χ1) is 7.20. The Bertz CT molecular complexity index is 514. The lowest BCUT2D eigenvalue weighted by atomic mass is 10.0. The molecule has 0 aliphatic carbocycles. The van der Waals surface area contributed by atoms with E-state index in [-0.39, 0.29) is 11.7 Å². The summed E-state index contributed by atoms with van der Waals surface area (Å²) < 4.78 is 1.34. The van der Waals surface area contributed by atoms with Crippen LogP contribution in [-0.4, -0.2) is 20.2 Å². The van der Waals surface area contributed by atoms with Crippen molar-refractivity contribution < 1.29 is 0 Å². The van der Waals surface area contributed by atoms with Gasteiger partial charge in [-0.05, 0) is 35.4 Å². The van der Waals surface area contributed by atoms with Gasteiger partial charge in [0.1, 0.15) is 0 Å². The van der Waals surface area contributed by atoms with E-state index in [1.54, 1.807) is 0 Å². The molecule has 2 rings (SSSR count). The van der Waals surface area contributed by atoms with Crippen molar-refractivity contribution in [1.82, 2.24) is 20.2 Å². The van der Waals surface area contributed by atoms with Crippen molar-refractivity contribution >= 4 is 0 Å². The van der Waals surface area contributed by atoms with E-state index in [9.17, 15) is 4.79 Å². The van der Waals surface area contributed by atoms with Gasteiger partial charge in [0.2, 0.25) is 0 Å². The summed E-state index contributed by atoms with van der Waals surface area (Å²) in [7, 11) is 0. The minimum absolute atomic E-state index is 0.0996. The second kappa shape index (κ2) is 3.68. The van der Waals surface area contributed by atoms with Crippen molar-refractivity contribution in [3.8, 4) is 0 Å². The molecule has 1 atom stereocenters. The highest BCUT2D eigenvalue weighted by atomic mass is 16.2. The van der Waals surface area contributed by atoms with E-state index in [4.69, 9.17) is 0 Å². The fraction of sp³-hybridized carbons (Fsp3) is 0.300. The number of benzene rings is 1. The van der Waals surface area contributed by atoms with Crippen LogP contribution in [0.3, 0.4) is 0 Å². The Labute approximate surface area is 86.7 Å². The van der Waals surface area contributed by atoms with Gasteiger partial charge in [-0.25, -0.2) is 9.89 Å². The van der Waals surface area contributed by atoms with Crippen molar-refractivity contribution in [2.45, 2.75) is 19.9 Å². The highest BCUT2D eigenvalue weighted by Gasteiger charge is 2.13. The van der Waals surface area contributed by atoms with Gasteiger partial charge in [0.25, 0.3) is 0 Å². The summed E-state index contributed by atoms with van der Waals surface area (Å²) in [6, 6.07) is 7.82. The van der Waals surface area contributed by atoms with Gasteiger partial charge in [-0.15, -0.1) is 0 Å². The smallest absolute Gasteiger partial charge is 0.244 e. The number of aromatic amines is 1. The van der Waals surface area contributed by atoms with Crippen molar-refractivity contribution in [3.63, 3.8) is 0 Å². The highest BCUT2D eigenvalue weighted by molar-refractivity contribution is 5.28. The van der Waals surface area contributed by atoms with Crippen LogP contribution in [0.25, 0.3) is 0 Å². The van der Waals surface area contributed by atoms with Crippen LogP contribution < -0.4 is 5.69 Å². The van der Waals surface area contributed by atoms with Crippen LogP contribution in [0.4, 0.5) is 0 Å². The van der Waals surface area contributed by atoms with E-state index in [0.717, 1.165) is 11.1 Å². The van der Waals surface area contributed by atoms with Crippen LogP contribution >= 0.6 is 0 Å². The zero-order chi connectivity index (χ0) is 10.8. The SMILES string of the molecule is Cc1ccccc1C(C)n1nn[nH]c1=O. The number of aryl methyl sites for hydroxylation is 1. The molecule has 1 aromatic carbocycles. The molecule has 1 N–H and O–H groups in total. The predicted molar refractivity (Wildman–Crippen MR) is 55.6 cm³/mol. The number of hydrogen-bond donors (Lipinski definition) is 1. The lowest BCUT2D eigenvalue weighted by molar-refractivity contribution is 0.526. The molecular formula is C10H12N4O. The Morgan fingerprint density at radius 2 is 2.13 bits per heavy atom. The van der Waals surface area contributed by atoms with Gasteiger partial charge in [-0.2, -0.15) is 4.68 Å². The molecule has 0 spiro atoms. The molecule has 0 saturated heterocycles. The normalized spacial score (nSPS) is 12.7. The Morgan fingerprint density at radius 3 is 2.73 bits per heavy atom. The average Bonchev–Trinajstić information content (AvgIpc) is 2.64. The van der Waals surface area contributed by atoms with Gasteiger partial charge in [0.05, 0.1) is 6.04 Å². The molecule has 0 amide bonds. The van der Waals surface area contributed by atoms with E-state index in [2.05, 4.69) is 15.5 Å². The molecule has 5 heteroatoms. The number of H-pyrrole nitrogens is 1. The fourth-order valence-corrected chi connectivity index (χ4v) is 1.65. The first kappa shape index (κ1) is 9.64. The molecule has 0 bridgehead atoms. The third-order valence-corrected chi connectivity index (χ3v) is 2.50. The van der Waals surface area contributed by atoms with E-state index in [1.165, 1.54) is 4.68 Å². The molecule has 5 nitrogen and oxygen atoms in total. The Kier molecular flexibility index (Phi) is 2.37. The van der Waals surface area contributed by atoms with Crippen LogP contribution in [0.1, 0.15) is 24.1 Å². The maximum Gasteiger partial charge on any atom is 0.361 e. The van der Waals surface area contributed by atoms with Crippen LogP contribution in [0.15, 0.2) is 29.1 Å². The Balaban J connectivity index is 2.45. The molecule has 1 heterocycles. The average molecular weight is 204 g/mol. The largest absolute Gasteiger partial charge is 0.361 e. The van der Waals surface area contributed by atoms with E-state index in [0.29, 0.717) is 0 Å². The summed E-state index contributed by atoms with van der Waals surface area (Å²) in [5, 5.41) is 9.49. The number of nitrogens with zero attached hydrogens (tertiary/aromatic N) is 3. The molecule has 1 unspecified atom stereocenters. The van der Waals surface area contributed by atoms with E-state index < -0.39 is 0 Å². The first-order valence-corrected chi connectivity index (χ1v) is 4.75. The third-order valence-electron chi connectivity index (χ3n) is 2.50. The summed E-state index contributed by atoms with van der Waals surface area (Å²) in [5.74, 6) is 0. The Hall–Kier alpha value is -1.91. The lowest BCUT2D eigenvalue weighted by Gasteiger charge is -2.12. The van der Waals surface area contributed by atoms with Gasteiger partial charge >= 0.3 is 5.69 Å². The van der Waals surface area contributed by atoms with Crippen molar-refractivity contribution in [1.29, 1.82) is 0 Å². The summed E-state index contributed by atoms with van der Waals surface area (Å²) in [5.41, 5.74) is 1.93. The molecule has 0 radical (unpaired) electrons. The van der Waals surface area contributed by atoms with Crippen molar-refractivity contribution in [3.05, 3.63) is 45.9 Å². The summed E-state index contributed by atoms with van der Waals surface area (Å²) in [4.78, 5) is 11.3. The topological polar surface area (TPSA) is 63.6 Å².